The average molecular weight is 226 g/mol. The molecule has 5 heteroatoms. The first kappa shape index (κ1) is 10.8. The Morgan fingerprint density at radius 1 is 1.21 bits per heavy atom. The molecular weight excluding hydrogens is 221 g/mol. The SMILES string of the molecule is N#CC(C#N)Cc1cc(Cl)nc(Cl)c1. The van der Waals surface area contributed by atoms with E-state index in [1.807, 2.05) is 12.1 Å². The van der Waals surface area contributed by atoms with Crippen molar-refractivity contribution in [2.45, 2.75) is 6.42 Å². The van der Waals surface area contributed by atoms with Gasteiger partial charge in [0.25, 0.3) is 0 Å². The highest BCUT2D eigenvalue weighted by Crippen LogP contribution is 2.17. The summed E-state index contributed by atoms with van der Waals surface area (Å²) in [5.74, 6) is -0.676. The Hall–Kier alpha value is -1.29. The first-order valence-electron chi connectivity index (χ1n) is 3.77. The first-order valence-corrected chi connectivity index (χ1v) is 4.52. The van der Waals surface area contributed by atoms with Gasteiger partial charge in [-0.2, -0.15) is 10.5 Å². The Morgan fingerprint density at radius 2 is 1.71 bits per heavy atom. The van der Waals surface area contributed by atoms with E-state index in [1.54, 1.807) is 12.1 Å². The van der Waals surface area contributed by atoms with Gasteiger partial charge in [-0.25, -0.2) is 4.98 Å². The fraction of sp³-hybridized carbons (Fsp3) is 0.222. The molecule has 0 aliphatic rings. The van der Waals surface area contributed by atoms with E-state index in [9.17, 15) is 0 Å². The molecule has 0 aliphatic carbocycles. The third-order valence-electron chi connectivity index (χ3n) is 1.57. The Kier molecular flexibility index (Phi) is 3.71. The molecule has 0 aromatic carbocycles. The lowest BCUT2D eigenvalue weighted by Gasteiger charge is -2.01. The maximum Gasteiger partial charge on any atom is 0.137 e. The van der Waals surface area contributed by atoms with E-state index in [0.717, 1.165) is 5.56 Å². The lowest BCUT2D eigenvalue weighted by atomic mass is 10.0. The number of nitriles is 2. The number of aromatic nitrogens is 1. The van der Waals surface area contributed by atoms with Crippen LogP contribution in [0.5, 0.6) is 0 Å². The van der Waals surface area contributed by atoms with Crippen LogP contribution in [-0.2, 0) is 6.42 Å². The molecule has 1 aromatic heterocycles. The molecule has 0 radical (unpaired) electrons. The Morgan fingerprint density at radius 3 is 2.14 bits per heavy atom. The average Bonchev–Trinajstić information content (AvgIpc) is 2.12. The number of pyridine rings is 1. The van der Waals surface area contributed by atoms with E-state index in [2.05, 4.69) is 4.98 Å². The normalized spacial score (nSPS) is 9.50. The Balaban J connectivity index is 2.88. The second-order valence-corrected chi connectivity index (χ2v) is 3.41. The molecule has 0 bridgehead atoms. The van der Waals surface area contributed by atoms with Gasteiger partial charge < -0.3 is 0 Å². The van der Waals surface area contributed by atoms with Gasteiger partial charge in [0.2, 0.25) is 0 Å². The van der Waals surface area contributed by atoms with E-state index in [0.29, 0.717) is 6.42 Å². The van der Waals surface area contributed by atoms with Crippen molar-refractivity contribution in [3.05, 3.63) is 28.0 Å². The molecule has 70 valence electrons. The molecule has 3 nitrogen and oxygen atoms in total. The molecular formula is C9H5Cl2N3. The van der Waals surface area contributed by atoms with Crippen LogP contribution < -0.4 is 0 Å². The quantitative estimate of drug-likeness (QED) is 0.728. The number of hydrogen-bond acceptors (Lipinski definition) is 3. The van der Waals surface area contributed by atoms with E-state index in [1.165, 1.54) is 0 Å². The molecule has 0 saturated heterocycles. The maximum atomic E-state index is 8.57. The van der Waals surface area contributed by atoms with Gasteiger partial charge in [0.1, 0.15) is 16.2 Å². The molecule has 0 amide bonds. The zero-order valence-corrected chi connectivity index (χ0v) is 8.55. The summed E-state index contributed by atoms with van der Waals surface area (Å²) < 4.78 is 0. The van der Waals surface area contributed by atoms with Crippen LogP contribution in [0.4, 0.5) is 0 Å². The van der Waals surface area contributed by atoms with Crippen LogP contribution in [0, 0.1) is 28.6 Å². The summed E-state index contributed by atoms with van der Waals surface area (Å²) in [6.45, 7) is 0. The van der Waals surface area contributed by atoms with Gasteiger partial charge in [-0.05, 0) is 17.7 Å². The van der Waals surface area contributed by atoms with Gasteiger partial charge in [-0.1, -0.05) is 23.2 Å². The smallest absolute Gasteiger partial charge is 0.137 e. The third-order valence-corrected chi connectivity index (χ3v) is 1.96. The van der Waals surface area contributed by atoms with E-state index < -0.39 is 5.92 Å². The fourth-order valence-corrected chi connectivity index (χ4v) is 1.49. The monoisotopic (exact) mass is 225 g/mol. The molecule has 14 heavy (non-hydrogen) atoms. The molecule has 0 fully saturated rings. The topological polar surface area (TPSA) is 60.5 Å². The largest absolute Gasteiger partial charge is 0.224 e. The molecule has 0 saturated carbocycles. The minimum absolute atomic E-state index is 0.266. The Bertz CT molecular complexity index is 383. The lowest BCUT2D eigenvalue weighted by molar-refractivity contribution is 0.832. The zero-order valence-electron chi connectivity index (χ0n) is 7.04. The van der Waals surface area contributed by atoms with Crippen LogP contribution in [0.15, 0.2) is 12.1 Å². The minimum Gasteiger partial charge on any atom is -0.224 e. The van der Waals surface area contributed by atoms with Crippen LogP contribution in [0.3, 0.4) is 0 Å². The highest BCUT2D eigenvalue weighted by molar-refractivity contribution is 6.32. The fourth-order valence-electron chi connectivity index (χ4n) is 0.988. The second-order valence-electron chi connectivity index (χ2n) is 2.64. The van der Waals surface area contributed by atoms with E-state index in [4.69, 9.17) is 33.7 Å². The van der Waals surface area contributed by atoms with Crippen molar-refractivity contribution >= 4 is 23.2 Å². The molecule has 0 aliphatic heterocycles. The molecule has 0 atom stereocenters. The standard InChI is InChI=1S/C9H5Cl2N3/c10-8-2-6(3-9(11)14-8)1-7(4-12)5-13/h2-3,7H,1H2. The summed E-state index contributed by atoms with van der Waals surface area (Å²) in [6.07, 6.45) is 0.314. The van der Waals surface area contributed by atoms with E-state index in [-0.39, 0.29) is 10.3 Å². The van der Waals surface area contributed by atoms with Crippen molar-refractivity contribution in [1.82, 2.24) is 4.98 Å². The Labute approximate surface area is 91.5 Å². The summed E-state index contributed by atoms with van der Waals surface area (Å²) in [5, 5.41) is 17.7. The van der Waals surface area contributed by atoms with Crippen molar-refractivity contribution in [2.75, 3.05) is 0 Å². The first-order chi connectivity index (χ1) is 6.65. The zero-order chi connectivity index (χ0) is 10.6. The van der Waals surface area contributed by atoms with Crippen LogP contribution in [0.25, 0.3) is 0 Å². The molecule has 1 heterocycles. The molecule has 0 N–H and O–H groups in total. The number of nitrogens with zero attached hydrogens (tertiary/aromatic N) is 3. The van der Waals surface area contributed by atoms with Gasteiger partial charge in [0.05, 0.1) is 12.1 Å². The molecule has 1 rings (SSSR count). The number of hydrogen-bond donors (Lipinski definition) is 0. The van der Waals surface area contributed by atoms with Gasteiger partial charge >= 0.3 is 0 Å². The molecule has 1 aromatic rings. The van der Waals surface area contributed by atoms with Crippen molar-refractivity contribution in [3.8, 4) is 12.1 Å². The van der Waals surface area contributed by atoms with Gasteiger partial charge in [0, 0.05) is 6.42 Å². The molecule has 0 unspecified atom stereocenters. The molecule has 0 spiro atoms. The second kappa shape index (κ2) is 4.81. The van der Waals surface area contributed by atoms with Gasteiger partial charge in [-0.15, -0.1) is 0 Å². The maximum absolute atomic E-state index is 8.57. The summed E-state index contributed by atoms with van der Waals surface area (Å²) in [5.41, 5.74) is 0.739. The summed E-state index contributed by atoms with van der Waals surface area (Å²) >= 11 is 11.3. The van der Waals surface area contributed by atoms with Crippen LogP contribution in [-0.4, -0.2) is 4.98 Å². The van der Waals surface area contributed by atoms with Crippen molar-refractivity contribution in [2.24, 2.45) is 5.92 Å². The van der Waals surface area contributed by atoms with Gasteiger partial charge in [0.15, 0.2) is 0 Å². The summed E-state index contributed by atoms with van der Waals surface area (Å²) in [6, 6.07) is 6.93. The number of rotatable bonds is 2. The van der Waals surface area contributed by atoms with Crippen LogP contribution >= 0.6 is 23.2 Å². The summed E-state index contributed by atoms with van der Waals surface area (Å²) in [7, 11) is 0. The van der Waals surface area contributed by atoms with Crippen molar-refractivity contribution in [3.63, 3.8) is 0 Å². The highest BCUT2D eigenvalue weighted by Gasteiger charge is 2.08. The number of halogens is 2. The van der Waals surface area contributed by atoms with Crippen LogP contribution in [0.1, 0.15) is 5.56 Å². The predicted octanol–water partition coefficient (Wildman–Crippen LogP) is 2.59. The van der Waals surface area contributed by atoms with Crippen molar-refractivity contribution in [1.29, 1.82) is 10.5 Å². The van der Waals surface area contributed by atoms with Crippen LogP contribution in [0.2, 0.25) is 10.3 Å². The highest BCUT2D eigenvalue weighted by atomic mass is 35.5. The lowest BCUT2D eigenvalue weighted by Crippen LogP contribution is -1.98. The predicted molar refractivity (Wildman–Crippen MR) is 52.7 cm³/mol. The third kappa shape index (κ3) is 2.88. The minimum atomic E-state index is -0.676. The van der Waals surface area contributed by atoms with Gasteiger partial charge in [-0.3, -0.25) is 0 Å². The van der Waals surface area contributed by atoms with E-state index >= 15 is 0 Å². The summed E-state index contributed by atoms with van der Waals surface area (Å²) in [4.78, 5) is 3.76. The van der Waals surface area contributed by atoms with Crippen molar-refractivity contribution < 1.29 is 0 Å².